The fourth-order valence-corrected chi connectivity index (χ4v) is 1.71. The Morgan fingerprint density at radius 2 is 1.72 bits per heavy atom. The highest BCUT2D eigenvalue weighted by Gasteiger charge is 2.04. The predicted octanol–water partition coefficient (Wildman–Crippen LogP) is 3.60. The van der Waals surface area contributed by atoms with Gasteiger partial charge in [0.2, 0.25) is 0 Å². The SMILES string of the molecule is Cc1cc(OCc2ccc(F)cc2)c(C)cc1N. The number of anilines is 1. The first-order valence-electron chi connectivity index (χ1n) is 5.80. The maximum absolute atomic E-state index is 12.8. The third-order valence-electron chi connectivity index (χ3n) is 2.87. The van der Waals surface area contributed by atoms with Gasteiger partial charge in [0.25, 0.3) is 0 Å². The molecule has 2 nitrogen and oxygen atoms in total. The van der Waals surface area contributed by atoms with E-state index >= 15 is 0 Å². The van der Waals surface area contributed by atoms with E-state index in [9.17, 15) is 4.39 Å². The maximum atomic E-state index is 12.8. The summed E-state index contributed by atoms with van der Waals surface area (Å²) in [5.74, 6) is 0.573. The summed E-state index contributed by atoms with van der Waals surface area (Å²) in [5.41, 5.74) is 9.51. The second kappa shape index (κ2) is 5.08. The highest BCUT2D eigenvalue weighted by Crippen LogP contribution is 2.25. The Labute approximate surface area is 106 Å². The van der Waals surface area contributed by atoms with E-state index in [0.717, 1.165) is 28.1 Å². The number of benzene rings is 2. The summed E-state index contributed by atoms with van der Waals surface area (Å²) in [7, 11) is 0. The topological polar surface area (TPSA) is 35.2 Å². The molecule has 0 radical (unpaired) electrons. The zero-order chi connectivity index (χ0) is 13.1. The van der Waals surface area contributed by atoms with Crippen LogP contribution in [0.1, 0.15) is 16.7 Å². The fourth-order valence-electron chi connectivity index (χ4n) is 1.71. The minimum atomic E-state index is -0.238. The zero-order valence-electron chi connectivity index (χ0n) is 10.5. The Bertz CT molecular complexity index is 549. The van der Waals surface area contributed by atoms with Crippen LogP contribution < -0.4 is 10.5 Å². The van der Waals surface area contributed by atoms with Crippen LogP contribution in [0.25, 0.3) is 0 Å². The minimum absolute atomic E-state index is 0.238. The molecule has 3 heteroatoms. The van der Waals surface area contributed by atoms with Crippen molar-refractivity contribution >= 4 is 5.69 Å². The third-order valence-corrected chi connectivity index (χ3v) is 2.87. The van der Waals surface area contributed by atoms with Crippen LogP contribution in [-0.4, -0.2) is 0 Å². The monoisotopic (exact) mass is 245 g/mol. The van der Waals surface area contributed by atoms with Crippen molar-refractivity contribution in [1.29, 1.82) is 0 Å². The van der Waals surface area contributed by atoms with Gasteiger partial charge in [-0.15, -0.1) is 0 Å². The number of hydrogen-bond donors (Lipinski definition) is 1. The Morgan fingerprint density at radius 1 is 1.06 bits per heavy atom. The zero-order valence-corrected chi connectivity index (χ0v) is 10.5. The highest BCUT2D eigenvalue weighted by molar-refractivity contribution is 5.53. The third kappa shape index (κ3) is 2.80. The summed E-state index contributed by atoms with van der Waals surface area (Å²) in [6.07, 6.45) is 0. The molecule has 0 amide bonds. The molecule has 2 N–H and O–H groups in total. The van der Waals surface area contributed by atoms with E-state index in [1.807, 2.05) is 26.0 Å². The molecule has 0 saturated heterocycles. The summed E-state index contributed by atoms with van der Waals surface area (Å²) in [5, 5.41) is 0. The van der Waals surface area contributed by atoms with Crippen molar-refractivity contribution < 1.29 is 9.13 Å². The molecular weight excluding hydrogens is 229 g/mol. The Balaban J connectivity index is 2.10. The van der Waals surface area contributed by atoms with Gasteiger partial charge < -0.3 is 10.5 Å². The van der Waals surface area contributed by atoms with E-state index in [2.05, 4.69) is 0 Å². The predicted molar refractivity (Wildman–Crippen MR) is 71.1 cm³/mol. The molecule has 0 unspecified atom stereocenters. The fraction of sp³-hybridized carbons (Fsp3) is 0.200. The Morgan fingerprint density at radius 3 is 2.39 bits per heavy atom. The van der Waals surface area contributed by atoms with Crippen LogP contribution in [0.15, 0.2) is 36.4 Å². The quantitative estimate of drug-likeness (QED) is 0.838. The lowest BCUT2D eigenvalue weighted by molar-refractivity contribution is 0.304. The van der Waals surface area contributed by atoms with Crippen molar-refractivity contribution in [2.75, 3.05) is 5.73 Å². The molecule has 0 aliphatic carbocycles. The van der Waals surface area contributed by atoms with Gasteiger partial charge in [-0.2, -0.15) is 0 Å². The van der Waals surface area contributed by atoms with Gasteiger partial charge >= 0.3 is 0 Å². The van der Waals surface area contributed by atoms with E-state index in [1.54, 1.807) is 12.1 Å². The first-order valence-corrected chi connectivity index (χ1v) is 5.80. The van der Waals surface area contributed by atoms with Crippen LogP contribution in [0.5, 0.6) is 5.75 Å². The average Bonchev–Trinajstić information content (AvgIpc) is 2.34. The molecule has 0 atom stereocenters. The number of nitrogen functional groups attached to an aromatic ring is 1. The molecule has 2 rings (SSSR count). The Hall–Kier alpha value is -2.03. The van der Waals surface area contributed by atoms with Crippen molar-refractivity contribution in [3.05, 3.63) is 58.9 Å². The lowest BCUT2D eigenvalue weighted by Gasteiger charge is -2.11. The first kappa shape index (κ1) is 12.4. The van der Waals surface area contributed by atoms with E-state index in [4.69, 9.17) is 10.5 Å². The van der Waals surface area contributed by atoms with Gasteiger partial charge in [-0.1, -0.05) is 12.1 Å². The van der Waals surface area contributed by atoms with Crippen LogP contribution in [0.2, 0.25) is 0 Å². The lowest BCUT2D eigenvalue weighted by atomic mass is 10.1. The molecule has 0 aliphatic heterocycles. The van der Waals surface area contributed by atoms with Gasteiger partial charge in [-0.05, 0) is 54.8 Å². The number of halogens is 1. The lowest BCUT2D eigenvalue weighted by Crippen LogP contribution is -1.99. The molecule has 0 spiro atoms. The molecule has 0 heterocycles. The van der Waals surface area contributed by atoms with Crippen molar-refractivity contribution in [3.8, 4) is 5.75 Å². The molecule has 94 valence electrons. The van der Waals surface area contributed by atoms with Crippen LogP contribution in [0.3, 0.4) is 0 Å². The minimum Gasteiger partial charge on any atom is -0.489 e. The van der Waals surface area contributed by atoms with Crippen molar-refractivity contribution in [2.24, 2.45) is 0 Å². The van der Waals surface area contributed by atoms with E-state index in [-0.39, 0.29) is 5.82 Å². The number of nitrogens with two attached hydrogens (primary N) is 1. The molecule has 0 saturated carbocycles. The molecule has 0 fully saturated rings. The molecule has 2 aromatic carbocycles. The van der Waals surface area contributed by atoms with Crippen LogP contribution >= 0.6 is 0 Å². The molecule has 18 heavy (non-hydrogen) atoms. The number of hydrogen-bond acceptors (Lipinski definition) is 2. The van der Waals surface area contributed by atoms with Crippen molar-refractivity contribution in [2.45, 2.75) is 20.5 Å². The second-order valence-electron chi connectivity index (χ2n) is 4.39. The molecular formula is C15H16FNO. The van der Waals surface area contributed by atoms with Gasteiger partial charge in [0, 0.05) is 5.69 Å². The van der Waals surface area contributed by atoms with E-state index in [1.165, 1.54) is 12.1 Å². The molecule has 0 aromatic heterocycles. The van der Waals surface area contributed by atoms with Crippen LogP contribution in [0, 0.1) is 19.7 Å². The van der Waals surface area contributed by atoms with Gasteiger partial charge in [0.1, 0.15) is 18.2 Å². The number of aryl methyl sites for hydroxylation is 2. The number of ether oxygens (including phenoxy) is 1. The summed E-state index contributed by atoms with van der Waals surface area (Å²) in [4.78, 5) is 0. The smallest absolute Gasteiger partial charge is 0.123 e. The normalized spacial score (nSPS) is 10.4. The van der Waals surface area contributed by atoms with Gasteiger partial charge in [-0.3, -0.25) is 0 Å². The summed E-state index contributed by atoms with van der Waals surface area (Å²) in [6, 6.07) is 10.1. The maximum Gasteiger partial charge on any atom is 0.123 e. The van der Waals surface area contributed by atoms with Crippen molar-refractivity contribution in [1.82, 2.24) is 0 Å². The number of rotatable bonds is 3. The van der Waals surface area contributed by atoms with E-state index < -0.39 is 0 Å². The second-order valence-corrected chi connectivity index (χ2v) is 4.39. The standard InChI is InChI=1S/C15H16FNO/c1-10-8-15(11(2)7-14(10)17)18-9-12-3-5-13(16)6-4-12/h3-8H,9,17H2,1-2H3. The highest BCUT2D eigenvalue weighted by atomic mass is 19.1. The van der Waals surface area contributed by atoms with Crippen molar-refractivity contribution in [3.63, 3.8) is 0 Å². The first-order chi connectivity index (χ1) is 8.56. The van der Waals surface area contributed by atoms with Crippen LogP contribution in [0.4, 0.5) is 10.1 Å². The largest absolute Gasteiger partial charge is 0.489 e. The van der Waals surface area contributed by atoms with Gasteiger partial charge in [0.05, 0.1) is 0 Å². The molecule has 2 aromatic rings. The summed E-state index contributed by atoms with van der Waals surface area (Å²) < 4.78 is 18.5. The summed E-state index contributed by atoms with van der Waals surface area (Å²) in [6.45, 7) is 4.32. The Kier molecular flexibility index (Phi) is 3.51. The summed E-state index contributed by atoms with van der Waals surface area (Å²) >= 11 is 0. The van der Waals surface area contributed by atoms with Gasteiger partial charge in [0.15, 0.2) is 0 Å². The molecule has 0 aliphatic rings. The van der Waals surface area contributed by atoms with E-state index in [0.29, 0.717) is 6.61 Å². The average molecular weight is 245 g/mol. The molecule has 0 bridgehead atoms. The van der Waals surface area contributed by atoms with Crippen LogP contribution in [-0.2, 0) is 6.61 Å². The van der Waals surface area contributed by atoms with Gasteiger partial charge in [-0.25, -0.2) is 4.39 Å².